The van der Waals surface area contributed by atoms with Crippen molar-refractivity contribution >= 4 is 52.3 Å². The topological polar surface area (TPSA) is 89.5 Å². The molecule has 160 valence electrons. The molecule has 1 aliphatic carbocycles. The standard InChI is InChI=1S/C23H12Cl2FNO5/c24-15-6-3-7-17(26)20(15)23(31)32-10-19(28)27-18-9-14-13(8-16(18)25)21(29)11-4-1-2-5-12(11)22(14)30/h1-9H,10H2,(H,27,28). The van der Waals surface area contributed by atoms with Gasteiger partial charge in [0, 0.05) is 22.3 Å². The SMILES string of the molecule is O=C(COC(=O)c1c(F)cccc1Cl)Nc1cc2c(cc1Cl)C(=O)c1ccccc1C2=O. The van der Waals surface area contributed by atoms with Gasteiger partial charge in [-0.3, -0.25) is 14.4 Å². The van der Waals surface area contributed by atoms with Gasteiger partial charge in [-0.25, -0.2) is 9.18 Å². The highest BCUT2D eigenvalue weighted by Crippen LogP contribution is 2.33. The van der Waals surface area contributed by atoms with Crippen LogP contribution in [0.15, 0.2) is 54.6 Å². The minimum Gasteiger partial charge on any atom is -0.452 e. The number of ketones is 2. The van der Waals surface area contributed by atoms with Crippen molar-refractivity contribution in [2.24, 2.45) is 0 Å². The summed E-state index contributed by atoms with van der Waals surface area (Å²) in [6.45, 7) is -0.757. The number of carbonyl (C=O) groups excluding carboxylic acids is 4. The molecule has 9 heteroatoms. The molecule has 1 N–H and O–H groups in total. The average molecular weight is 472 g/mol. The van der Waals surface area contributed by atoms with Gasteiger partial charge >= 0.3 is 5.97 Å². The molecule has 0 aromatic heterocycles. The largest absolute Gasteiger partial charge is 0.452 e. The lowest BCUT2D eigenvalue weighted by atomic mass is 9.84. The molecule has 3 aromatic rings. The van der Waals surface area contributed by atoms with Crippen LogP contribution in [-0.2, 0) is 9.53 Å². The first-order valence-corrected chi connectivity index (χ1v) is 9.96. The van der Waals surface area contributed by atoms with Crippen LogP contribution in [0.3, 0.4) is 0 Å². The van der Waals surface area contributed by atoms with Gasteiger partial charge in [0.05, 0.1) is 15.7 Å². The first-order chi connectivity index (χ1) is 15.3. The highest BCUT2D eigenvalue weighted by atomic mass is 35.5. The molecule has 0 fully saturated rings. The van der Waals surface area contributed by atoms with Gasteiger partial charge in [0.1, 0.15) is 11.4 Å². The predicted octanol–water partition coefficient (Wildman–Crippen LogP) is 4.70. The number of hydrogen-bond acceptors (Lipinski definition) is 5. The van der Waals surface area contributed by atoms with Crippen molar-refractivity contribution in [3.8, 4) is 0 Å². The van der Waals surface area contributed by atoms with E-state index in [-0.39, 0.29) is 49.6 Å². The summed E-state index contributed by atoms with van der Waals surface area (Å²) < 4.78 is 18.6. The number of halogens is 3. The Hall–Kier alpha value is -3.55. The molecule has 0 unspecified atom stereocenters. The maximum absolute atomic E-state index is 13.8. The number of ether oxygens (including phenoxy) is 1. The molecule has 6 nitrogen and oxygen atoms in total. The first kappa shape index (κ1) is 21.7. The Balaban J connectivity index is 1.52. The maximum atomic E-state index is 13.8. The van der Waals surface area contributed by atoms with Crippen LogP contribution in [0.1, 0.15) is 42.2 Å². The highest BCUT2D eigenvalue weighted by Gasteiger charge is 2.30. The fourth-order valence-corrected chi connectivity index (χ4v) is 3.75. The Bertz CT molecular complexity index is 1300. The predicted molar refractivity (Wildman–Crippen MR) is 115 cm³/mol. The summed E-state index contributed by atoms with van der Waals surface area (Å²) in [5.41, 5.74) is 0.296. The number of rotatable bonds is 4. The molecule has 1 amide bonds. The molecule has 0 saturated heterocycles. The zero-order valence-electron chi connectivity index (χ0n) is 16.1. The van der Waals surface area contributed by atoms with Crippen molar-refractivity contribution in [1.29, 1.82) is 0 Å². The molecule has 4 rings (SSSR count). The van der Waals surface area contributed by atoms with E-state index in [1.807, 2.05) is 0 Å². The smallest absolute Gasteiger partial charge is 0.343 e. The third-order valence-electron chi connectivity index (χ3n) is 4.79. The van der Waals surface area contributed by atoms with Crippen molar-refractivity contribution in [2.45, 2.75) is 0 Å². The van der Waals surface area contributed by atoms with Crippen LogP contribution in [-0.4, -0.2) is 30.0 Å². The quantitative estimate of drug-likeness (QED) is 0.435. The summed E-state index contributed by atoms with van der Waals surface area (Å²) >= 11 is 12.0. The number of hydrogen-bond donors (Lipinski definition) is 1. The van der Waals surface area contributed by atoms with E-state index in [0.29, 0.717) is 0 Å². The first-order valence-electron chi connectivity index (χ1n) is 9.21. The van der Waals surface area contributed by atoms with Gasteiger partial charge in [0.15, 0.2) is 18.2 Å². The average Bonchev–Trinajstić information content (AvgIpc) is 2.77. The Kier molecular flexibility index (Phi) is 5.78. The lowest BCUT2D eigenvalue weighted by Crippen LogP contribution is -2.24. The number of amides is 1. The second-order valence-electron chi connectivity index (χ2n) is 6.80. The van der Waals surface area contributed by atoms with Crippen molar-refractivity contribution in [3.05, 3.63) is 98.3 Å². The Morgan fingerprint density at radius 3 is 2.09 bits per heavy atom. The monoisotopic (exact) mass is 471 g/mol. The zero-order valence-corrected chi connectivity index (χ0v) is 17.6. The molecular formula is C23H12Cl2FNO5. The molecule has 0 bridgehead atoms. The molecule has 0 saturated carbocycles. The highest BCUT2D eigenvalue weighted by molar-refractivity contribution is 6.36. The number of fused-ring (bicyclic) bond motifs is 2. The molecule has 0 heterocycles. The van der Waals surface area contributed by atoms with E-state index >= 15 is 0 Å². The Morgan fingerprint density at radius 2 is 1.47 bits per heavy atom. The summed E-state index contributed by atoms with van der Waals surface area (Å²) in [6, 6.07) is 12.6. The van der Waals surface area contributed by atoms with E-state index in [4.69, 9.17) is 27.9 Å². The van der Waals surface area contributed by atoms with E-state index in [9.17, 15) is 23.6 Å². The number of carbonyl (C=O) groups is 4. The summed E-state index contributed by atoms with van der Waals surface area (Å²) in [4.78, 5) is 49.8. The molecule has 0 atom stereocenters. The van der Waals surface area contributed by atoms with E-state index in [1.165, 1.54) is 24.3 Å². The Morgan fingerprint density at radius 1 is 0.844 bits per heavy atom. The van der Waals surface area contributed by atoms with Gasteiger partial charge in [-0.05, 0) is 24.3 Å². The van der Waals surface area contributed by atoms with E-state index in [0.717, 1.165) is 6.07 Å². The molecule has 0 radical (unpaired) electrons. The van der Waals surface area contributed by atoms with Crippen LogP contribution < -0.4 is 5.32 Å². The van der Waals surface area contributed by atoms with Gasteiger partial charge in [0.2, 0.25) is 0 Å². The van der Waals surface area contributed by atoms with Gasteiger partial charge in [-0.2, -0.15) is 0 Å². The summed E-state index contributed by atoms with van der Waals surface area (Å²) in [7, 11) is 0. The van der Waals surface area contributed by atoms with Crippen LogP contribution in [0.4, 0.5) is 10.1 Å². The fraction of sp³-hybridized carbons (Fsp3) is 0.0435. The second-order valence-corrected chi connectivity index (χ2v) is 7.62. The molecule has 0 aliphatic heterocycles. The van der Waals surface area contributed by atoms with E-state index in [2.05, 4.69) is 5.32 Å². The van der Waals surface area contributed by atoms with E-state index < -0.39 is 29.9 Å². The van der Waals surface area contributed by atoms with Crippen molar-refractivity contribution in [2.75, 3.05) is 11.9 Å². The number of esters is 1. The third-order valence-corrected chi connectivity index (χ3v) is 5.42. The van der Waals surface area contributed by atoms with Gasteiger partial charge in [-0.1, -0.05) is 53.5 Å². The zero-order chi connectivity index (χ0) is 23.0. The second kappa shape index (κ2) is 8.53. The van der Waals surface area contributed by atoms with Crippen LogP contribution in [0.5, 0.6) is 0 Å². The van der Waals surface area contributed by atoms with Crippen molar-refractivity contribution < 1.29 is 28.3 Å². The van der Waals surface area contributed by atoms with Gasteiger partial charge in [0.25, 0.3) is 5.91 Å². The summed E-state index contributed by atoms with van der Waals surface area (Å²) in [5.74, 6) is -3.53. The van der Waals surface area contributed by atoms with Crippen molar-refractivity contribution in [3.63, 3.8) is 0 Å². The van der Waals surface area contributed by atoms with Crippen LogP contribution >= 0.6 is 23.2 Å². The molecule has 0 spiro atoms. The van der Waals surface area contributed by atoms with Crippen LogP contribution in [0.25, 0.3) is 0 Å². The van der Waals surface area contributed by atoms with Gasteiger partial charge in [-0.15, -0.1) is 0 Å². The van der Waals surface area contributed by atoms with Crippen LogP contribution in [0, 0.1) is 5.82 Å². The lowest BCUT2D eigenvalue weighted by molar-refractivity contribution is -0.119. The maximum Gasteiger partial charge on any atom is 0.343 e. The van der Waals surface area contributed by atoms with Crippen LogP contribution in [0.2, 0.25) is 10.0 Å². The number of benzene rings is 3. The number of nitrogens with one attached hydrogen (secondary N) is 1. The Labute approximate surface area is 190 Å². The molecule has 32 heavy (non-hydrogen) atoms. The minimum absolute atomic E-state index is 0.0149. The lowest BCUT2D eigenvalue weighted by Gasteiger charge is -2.19. The number of anilines is 1. The normalized spacial score (nSPS) is 12.1. The molecular weight excluding hydrogens is 460 g/mol. The van der Waals surface area contributed by atoms with E-state index in [1.54, 1.807) is 24.3 Å². The minimum atomic E-state index is -1.11. The summed E-state index contributed by atoms with van der Waals surface area (Å²) in [6.07, 6.45) is 0. The summed E-state index contributed by atoms with van der Waals surface area (Å²) in [5, 5.41) is 2.28. The molecule has 3 aromatic carbocycles. The van der Waals surface area contributed by atoms with Gasteiger partial charge < -0.3 is 10.1 Å². The fourth-order valence-electron chi connectivity index (χ4n) is 3.30. The third kappa shape index (κ3) is 3.88. The van der Waals surface area contributed by atoms with Crippen molar-refractivity contribution in [1.82, 2.24) is 0 Å². The molecule has 1 aliphatic rings.